The standard InChI is InChI=1S/C13H19NO2/c1-8-5-10(3)11(6-9(8)2)12(14)7-13(15)16-4/h5-6,12H,7,14H2,1-4H3. The summed E-state index contributed by atoms with van der Waals surface area (Å²) in [6.07, 6.45) is 0.222. The van der Waals surface area contributed by atoms with E-state index in [4.69, 9.17) is 5.73 Å². The van der Waals surface area contributed by atoms with E-state index in [2.05, 4.69) is 23.8 Å². The zero-order chi connectivity index (χ0) is 12.3. The van der Waals surface area contributed by atoms with Crippen molar-refractivity contribution < 1.29 is 9.53 Å². The molecule has 2 N–H and O–H groups in total. The lowest BCUT2D eigenvalue weighted by Gasteiger charge is -2.15. The number of nitrogens with two attached hydrogens (primary N) is 1. The van der Waals surface area contributed by atoms with Gasteiger partial charge in [0.25, 0.3) is 0 Å². The number of carbonyl (C=O) groups is 1. The summed E-state index contributed by atoms with van der Waals surface area (Å²) < 4.78 is 4.62. The van der Waals surface area contributed by atoms with E-state index in [1.165, 1.54) is 18.2 Å². The van der Waals surface area contributed by atoms with Crippen LogP contribution in [0.25, 0.3) is 0 Å². The molecular weight excluding hydrogens is 202 g/mol. The summed E-state index contributed by atoms with van der Waals surface area (Å²) in [6, 6.07) is 3.87. The Morgan fingerprint density at radius 3 is 2.38 bits per heavy atom. The second kappa shape index (κ2) is 5.12. The van der Waals surface area contributed by atoms with Crippen LogP contribution in [-0.4, -0.2) is 13.1 Å². The highest BCUT2D eigenvalue weighted by molar-refractivity contribution is 5.70. The molecule has 0 amide bonds. The van der Waals surface area contributed by atoms with E-state index < -0.39 is 0 Å². The topological polar surface area (TPSA) is 52.3 Å². The van der Waals surface area contributed by atoms with Crippen LogP contribution in [0.15, 0.2) is 12.1 Å². The van der Waals surface area contributed by atoms with Crippen LogP contribution in [0.2, 0.25) is 0 Å². The smallest absolute Gasteiger partial charge is 0.307 e. The monoisotopic (exact) mass is 221 g/mol. The molecule has 1 rings (SSSR count). The molecule has 0 spiro atoms. The zero-order valence-corrected chi connectivity index (χ0v) is 10.3. The predicted octanol–water partition coefficient (Wildman–Crippen LogP) is 2.17. The Balaban J connectivity index is 2.95. The van der Waals surface area contributed by atoms with Gasteiger partial charge in [0.05, 0.1) is 13.5 Å². The Morgan fingerprint density at radius 1 is 1.25 bits per heavy atom. The van der Waals surface area contributed by atoms with Crippen molar-refractivity contribution >= 4 is 5.97 Å². The molecule has 0 bridgehead atoms. The first-order valence-corrected chi connectivity index (χ1v) is 5.36. The van der Waals surface area contributed by atoms with Crippen LogP contribution in [0.4, 0.5) is 0 Å². The number of hydrogen-bond acceptors (Lipinski definition) is 3. The Hall–Kier alpha value is -1.35. The third kappa shape index (κ3) is 2.83. The van der Waals surface area contributed by atoms with Crippen molar-refractivity contribution in [1.29, 1.82) is 0 Å². The fourth-order valence-electron chi connectivity index (χ4n) is 1.76. The van der Waals surface area contributed by atoms with E-state index in [0.29, 0.717) is 0 Å². The molecular formula is C13H19NO2. The van der Waals surface area contributed by atoms with Crippen LogP contribution in [0, 0.1) is 20.8 Å². The van der Waals surface area contributed by atoms with Crippen molar-refractivity contribution in [3.8, 4) is 0 Å². The summed E-state index contributed by atoms with van der Waals surface area (Å²) in [5.74, 6) is -0.273. The van der Waals surface area contributed by atoms with Crippen LogP contribution in [0.3, 0.4) is 0 Å². The molecule has 3 nitrogen and oxygen atoms in total. The number of hydrogen-bond donors (Lipinski definition) is 1. The van der Waals surface area contributed by atoms with E-state index in [1.807, 2.05) is 13.8 Å². The van der Waals surface area contributed by atoms with Gasteiger partial charge in [-0.2, -0.15) is 0 Å². The number of aryl methyl sites for hydroxylation is 3. The molecule has 0 fully saturated rings. The summed E-state index contributed by atoms with van der Waals surface area (Å²) in [6.45, 7) is 6.12. The highest BCUT2D eigenvalue weighted by atomic mass is 16.5. The minimum absolute atomic E-state index is 0.222. The normalized spacial score (nSPS) is 12.3. The van der Waals surface area contributed by atoms with Gasteiger partial charge < -0.3 is 10.5 Å². The molecule has 0 heterocycles. The van der Waals surface area contributed by atoms with Crippen LogP contribution in [0.5, 0.6) is 0 Å². The van der Waals surface area contributed by atoms with Gasteiger partial charge in [0.15, 0.2) is 0 Å². The summed E-state index contributed by atoms with van der Waals surface area (Å²) in [5.41, 5.74) is 10.6. The second-order valence-electron chi connectivity index (χ2n) is 4.18. The highest BCUT2D eigenvalue weighted by Gasteiger charge is 2.14. The van der Waals surface area contributed by atoms with Gasteiger partial charge in [-0.25, -0.2) is 0 Å². The lowest BCUT2D eigenvalue weighted by molar-refractivity contribution is -0.141. The Bertz CT molecular complexity index is 399. The number of rotatable bonds is 3. The van der Waals surface area contributed by atoms with Gasteiger partial charge in [-0.05, 0) is 43.0 Å². The Labute approximate surface area is 96.6 Å². The predicted molar refractivity (Wildman–Crippen MR) is 64.2 cm³/mol. The highest BCUT2D eigenvalue weighted by Crippen LogP contribution is 2.22. The third-order valence-corrected chi connectivity index (χ3v) is 2.90. The molecule has 1 aromatic rings. The van der Waals surface area contributed by atoms with Crippen molar-refractivity contribution in [3.63, 3.8) is 0 Å². The zero-order valence-electron chi connectivity index (χ0n) is 10.3. The molecule has 0 saturated carbocycles. The number of methoxy groups -OCH3 is 1. The number of ether oxygens (including phenoxy) is 1. The molecule has 0 saturated heterocycles. The molecule has 1 aromatic carbocycles. The molecule has 3 heteroatoms. The largest absolute Gasteiger partial charge is 0.469 e. The van der Waals surface area contributed by atoms with Crippen LogP contribution in [-0.2, 0) is 9.53 Å². The second-order valence-corrected chi connectivity index (χ2v) is 4.18. The minimum atomic E-state index is -0.285. The maximum atomic E-state index is 11.2. The maximum Gasteiger partial charge on any atom is 0.307 e. The Kier molecular flexibility index (Phi) is 4.07. The van der Waals surface area contributed by atoms with Gasteiger partial charge in [0.2, 0.25) is 0 Å². The summed E-state index contributed by atoms with van der Waals surface area (Å²) in [5, 5.41) is 0. The molecule has 0 radical (unpaired) electrons. The number of carbonyl (C=O) groups excluding carboxylic acids is 1. The molecule has 1 unspecified atom stereocenters. The molecule has 16 heavy (non-hydrogen) atoms. The van der Waals surface area contributed by atoms with Crippen molar-refractivity contribution in [2.24, 2.45) is 5.73 Å². The van der Waals surface area contributed by atoms with Crippen molar-refractivity contribution in [2.45, 2.75) is 33.2 Å². The lowest BCUT2D eigenvalue weighted by atomic mass is 9.95. The van der Waals surface area contributed by atoms with E-state index in [-0.39, 0.29) is 18.4 Å². The lowest BCUT2D eigenvalue weighted by Crippen LogP contribution is -2.17. The van der Waals surface area contributed by atoms with Crippen molar-refractivity contribution in [3.05, 3.63) is 34.4 Å². The minimum Gasteiger partial charge on any atom is -0.469 e. The molecule has 0 aromatic heterocycles. The summed E-state index contributed by atoms with van der Waals surface area (Å²) >= 11 is 0. The van der Waals surface area contributed by atoms with Crippen LogP contribution >= 0.6 is 0 Å². The van der Waals surface area contributed by atoms with Gasteiger partial charge in [-0.1, -0.05) is 12.1 Å². The fraction of sp³-hybridized carbons (Fsp3) is 0.462. The van der Waals surface area contributed by atoms with Gasteiger partial charge in [-0.15, -0.1) is 0 Å². The summed E-state index contributed by atoms with van der Waals surface area (Å²) in [7, 11) is 1.38. The molecule has 0 aliphatic carbocycles. The van der Waals surface area contributed by atoms with Crippen LogP contribution in [0.1, 0.15) is 34.7 Å². The number of esters is 1. The first kappa shape index (κ1) is 12.7. The summed E-state index contributed by atoms with van der Waals surface area (Å²) in [4.78, 5) is 11.2. The van der Waals surface area contributed by atoms with E-state index in [1.54, 1.807) is 0 Å². The van der Waals surface area contributed by atoms with Gasteiger partial charge in [-0.3, -0.25) is 4.79 Å². The SMILES string of the molecule is COC(=O)CC(N)c1cc(C)c(C)cc1C. The maximum absolute atomic E-state index is 11.2. The van der Waals surface area contributed by atoms with Crippen molar-refractivity contribution in [2.75, 3.05) is 7.11 Å². The average Bonchev–Trinajstić information content (AvgIpc) is 2.23. The quantitative estimate of drug-likeness (QED) is 0.796. The van der Waals surface area contributed by atoms with Gasteiger partial charge >= 0.3 is 5.97 Å². The molecule has 0 aliphatic heterocycles. The molecule has 0 aliphatic rings. The van der Waals surface area contributed by atoms with E-state index >= 15 is 0 Å². The van der Waals surface area contributed by atoms with Crippen LogP contribution < -0.4 is 5.73 Å². The van der Waals surface area contributed by atoms with E-state index in [9.17, 15) is 4.79 Å². The third-order valence-electron chi connectivity index (χ3n) is 2.90. The molecule has 1 atom stereocenters. The van der Waals surface area contributed by atoms with Gasteiger partial charge in [0, 0.05) is 6.04 Å². The van der Waals surface area contributed by atoms with E-state index in [0.717, 1.165) is 11.1 Å². The van der Waals surface area contributed by atoms with Gasteiger partial charge in [0.1, 0.15) is 0 Å². The first-order chi connectivity index (χ1) is 7.45. The average molecular weight is 221 g/mol. The Morgan fingerprint density at radius 2 is 1.81 bits per heavy atom. The van der Waals surface area contributed by atoms with Crippen molar-refractivity contribution in [1.82, 2.24) is 0 Å². The number of benzene rings is 1. The molecule has 88 valence electrons. The first-order valence-electron chi connectivity index (χ1n) is 5.36. The fourth-order valence-corrected chi connectivity index (χ4v) is 1.76.